The Bertz CT molecular complexity index is 471. The van der Waals surface area contributed by atoms with Crippen LogP contribution in [0.3, 0.4) is 0 Å². The summed E-state index contributed by atoms with van der Waals surface area (Å²) in [5.74, 6) is 0. The summed E-state index contributed by atoms with van der Waals surface area (Å²) in [6, 6.07) is 7.36. The average Bonchev–Trinajstić information content (AvgIpc) is 2.24. The van der Waals surface area contributed by atoms with E-state index in [9.17, 15) is 8.42 Å². The van der Waals surface area contributed by atoms with E-state index in [0.717, 1.165) is 15.4 Å². The highest BCUT2D eigenvalue weighted by molar-refractivity contribution is 9.10. The van der Waals surface area contributed by atoms with Gasteiger partial charge in [-0.1, -0.05) is 28.1 Å². The molecule has 0 atom stereocenters. The van der Waals surface area contributed by atoms with Gasteiger partial charge in [0.15, 0.2) is 0 Å². The van der Waals surface area contributed by atoms with Crippen molar-refractivity contribution in [3.05, 3.63) is 39.7 Å². The third kappa shape index (κ3) is 4.89. The molecule has 6 heteroatoms. The number of hydrogen-bond acceptors (Lipinski definition) is 3. The first-order valence-electron chi connectivity index (χ1n) is 4.67. The van der Waals surface area contributed by atoms with Crippen LogP contribution in [0, 0.1) is 0 Å². The lowest BCUT2D eigenvalue weighted by Crippen LogP contribution is -2.27. The fourth-order valence-corrected chi connectivity index (χ4v) is 2.28. The lowest BCUT2D eigenvalue weighted by Gasteiger charge is -1.99. The number of nitrogens with one attached hydrogen (secondary N) is 1. The summed E-state index contributed by atoms with van der Waals surface area (Å²) >= 11 is 3.31. The Labute approximate surface area is 104 Å². The Morgan fingerprint density at radius 2 is 2.19 bits per heavy atom. The molecule has 0 aliphatic carbocycles. The minimum absolute atomic E-state index is 0.241. The molecule has 0 heterocycles. The van der Waals surface area contributed by atoms with Crippen molar-refractivity contribution in [3.8, 4) is 0 Å². The molecular weight excluding hydrogens is 292 g/mol. The maximum Gasteiger partial charge on any atom is 0.233 e. The molecule has 0 aromatic heterocycles. The average molecular weight is 305 g/mol. The molecule has 0 unspecified atom stereocenters. The van der Waals surface area contributed by atoms with Crippen molar-refractivity contribution >= 4 is 32.0 Å². The van der Waals surface area contributed by atoms with Gasteiger partial charge in [-0.2, -0.15) is 0 Å². The van der Waals surface area contributed by atoms with Gasteiger partial charge in [-0.3, -0.25) is 0 Å². The van der Waals surface area contributed by atoms with Gasteiger partial charge in [0.05, 0.1) is 0 Å². The third-order valence-corrected chi connectivity index (χ3v) is 3.33. The summed E-state index contributed by atoms with van der Waals surface area (Å²) in [5, 5.41) is 1.13. The molecule has 0 spiro atoms. The first-order chi connectivity index (χ1) is 7.53. The highest BCUT2D eigenvalue weighted by atomic mass is 79.9. The van der Waals surface area contributed by atoms with E-state index in [1.165, 1.54) is 6.08 Å². The van der Waals surface area contributed by atoms with E-state index in [2.05, 4.69) is 20.7 Å². The second kappa shape index (κ2) is 6.15. The largest absolute Gasteiger partial charge is 0.329 e. The highest BCUT2D eigenvalue weighted by Crippen LogP contribution is 2.12. The Morgan fingerprint density at radius 1 is 1.44 bits per heavy atom. The number of hydrogen-bond donors (Lipinski definition) is 2. The summed E-state index contributed by atoms with van der Waals surface area (Å²) in [5.41, 5.74) is 6.02. The van der Waals surface area contributed by atoms with E-state index in [-0.39, 0.29) is 13.1 Å². The van der Waals surface area contributed by atoms with Gasteiger partial charge in [0.1, 0.15) is 0 Å². The lowest BCUT2D eigenvalue weighted by atomic mass is 10.2. The number of rotatable bonds is 5. The van der Waals surface area contributed by atoms with Crippen molar-refractivity contribution in [1.82, 2.24) is 4.72 Å². The summed E-state index contributed by atoms with van der Waals surface area (Å²) < 4.78 is 26.0. The van der Waals surface area contributed by atoms with Crippen LogP contribution in [0.2, 0.25) is 0 Å². The minimum atomic E-state index is -3.38. The van der Waals surface area contributed by atoms with E-state index in [1.54, 1.807) is 0 Å². The quantitative estimate of drug-likeness (QED) is 0.861. The maximum absolute atomic E-state index is 11.4. The van der Waals surface area contributed by atoms with Crippen LogP contribution in [0.15, 0.2) is 34.1 Å². The molecule has 3 N–H and O–H groups in total. The first-order valence-corrected chi connectivity index (χ1v) is 7.01. The molecule has 4 nitrogen and oxygen atoms in total. The molecule has 16 heavy (non-hydrogen) atoms. The van der Waals surface area contributed by atoms with E-state index in [4.69, 9.17) is 5.73 Å². The number of halogens is 1. The van der Waals surface area contributed by atoms with Crippen molar-refractivity contribution in [3.63, 3.8) is 0 Å². The zero-order valence-electron chi connectivity index (χ0n) is 8.56. The normalized spacial score (nSPS) is 12.1. The second-order valence-electron chi connectivity index (χ2n) is 3.09. The maximum atomic E-state index is 11.4. The molecule has 0 saturated heterocycles. The van der Waals surface area contributed by atoms with Crippen molar-refractivity contribution < 1.29 is 8.42 Å². The topological polar surface area (TPSA) is 72.2 Å². The Hall–Kier alpha value is -0.690. The molecule has 0 saturated carbocycles. The zero-order chi connectivity index (χ0) is 12.0. The van der Waals surface area contributed by atoms with E-state index in [1.807, 2.05) is 24.3 Å². The third-order valence-electron chi connectivity index (χ3n) is 1.74. The SMILES string of the molecule is NCCNS(=O)(=O)/C=C/c1cccc(Br)c1. The van der Waals surface area contributed by atoms with Crippen LogP contribution in [0.4, 0.5) is 0 Å². The molecule has 1 aromatic rings. The minimum Gasteiger partial charge on any atom is -0.329 e. The van der Waals surface area contributed by atoms with Crippen molar-refractivity contribution in [2.24, 2.45) is 5.73 Å². The predicted molar refractivity (Wildman–Crippen MR) is 69.2 cm³/mol. The van der Waals surface area contributed by atoms with Crippen LogP contribution < -0.4 is 10.5 Å². The fraction of sp³-hybridized carbons (Fsp3) is 0.200. The van der Waals surface area contributed by atoms with Gasteiger partial charge in [0.25, 0.3) is 0 Å². The Balaban J connectivity index is 2.73. The van der Waals surface area contributed by atoms with Gasteiger partial charge in [-0.25, -0.2) is 13.1 Å². The van der Waals surface area contributed by atoms with Gasteiger partial charge >= 0.3 is 0 Å². The van der Waals surface area contributed by atoms with Crippen molar-refractivity contribution in [1.29, 1.82) is 0 Å². The van der Waals surface area contributed by atoms with Crippen LogP contribution >= 0.6 is 15.9 Å². The van der Waals surface area contributed by atoms with E-state index in [0.29, 0.717) is 0 Å². The lowest BCUT2D eigenvalue weighted by molar-refractivity contribution is 0.591. The fourth-order valence-electron chi connectivity index (χ4n) is 1.03. The van der Waals surface area contributed by atoms with Crippen molar-refractivity contribution in [2.45, 2.75) is 0 Å². The summed E-state index contributed by atoms with van der Waals surface area (Å²) in [6.07, 6.45) is 1.53. The number of nitrogens with two attached hydrogens (primary N) is 1. The molecule has 1 rings (SSSR count). The first kappa shape index (κ1) is 13.4. The summed E-state index contributed by atoms with van der Waals surface area (Å²) in [6.45, 7) is 0.523. The monoisotopic (exact) mass is 304 g/mol. The summed E-state index contributed by atoms with van der Waals surface area (Å²) in [7, 11) is -3.38. The van der Waals surface area contributed by atoms with Gasteiger partial charge in [-0.15, -0.1) is 0 Å². The summed E-state index contributed by atoms with van der Waals surface area (Å²) in [4.78, 5) is 0. The number of sulfonamides is 1. The molecule has 0 aliphatic heterocycles. The smallest absolute Gasteiger partial charge is 0.233 e. The van der Waals surface area contributed by atoms with Gasteiger partial charge in [-0.05, 0) is 23.8 Å². The zero-order valence-corrected chi connectivity index (χ0v) is 11.0. The second-order valence-corrected chi connectivity index (χ2v) is 5.65. The van der Waals surface area contributed by atoms with E-state index < -0.39 is 10.0 Å². The van der Waals surface area contributed by atoms with Gasteiger partial charge < -0.3 is 5.73 Å². The Kier molecular flexibility index (Phi) is 5.14. The standard InChI is InChI=1S/C10H13BrN2O2S/c11-10-3-1-2-9(8-10)4-7-16(14,15)13-6-5-12/h1-4,7-8,13H,5-6,12H2/b7-4+. The molecule has 0 amide bonds. The molecule has 0 aliphatic rings. The van der Waals surface area contributed by atoms with Crippen LogP contribution in [-0.2, 0) is 10.0 Å². The molecular formula is C10H13BrN2O2S. The van der Waals surface area contributed by atoms with E-state index >= 15 is 0 Å². The highest BCUT2D eigenvalue weighted by Gasteiger charge is 2.02. The van der Waals surface area contributed by atoms with Crippen LogP contribution in [-0.4, -0.2) is 21.5 Å². The predicted octanol–water partition coefficient (Wildman–Crippen LogP) is 1.30. The van der Waals surface area contributed by atoms with Crippen LogP contribution in [0.1, 0.15) is 5.56 Å². The molecule has 0 bridgehead atoms. The Morgan fingerprint density at radius 3 is 2.81 bits per heavy atom. The van der Waals surface area contributed by atoms with Crippen LogP contribution in [0.25, 0.3) is 6.08 Å². The van der Waals surface area contributed by atoms with Gasteiger partial charge in [0.2, 0.25) is 10.0 Å². The molecule has 1 aromatic carbocycles. The molecule has 0 radical (unpaired) electrons. The van der Waals surface area contributed by atoms with Crippen molar-refractivity contribution in [2.75, 3.05) is 13.1 Å². The van der Waals surface area contributed by atoms with Gasteiger partial charge in [0, 0.05) is 23.0 Å². The molecule has 88 valence electrons. The number of benzene rings is 1. The van der Waals surface area contributed by atoms with Crippen LogP contribution in [0.5, 0.6) is 0 Å². The molecule has 0 fully saturated rings.